The molecular formula is C13H23N3O. The van der Waals surface area contributed by atoms with Crippen molar-refractivity contribution in [3.05, 3.63) is 18.5 Å². The molecule has 4 nitrogen and oxygen atoms in total. The molecule has 2 unspecified atom stereocenters. The zero-order chi connectivity index (χ0) is 12.1. The molecule has 96 valence electrons. The SMILES string of the molecule is CCC(CC1CC1)NCC(O)Cn1cccn1. The molecule has 1 aromatic heterocycles. The molecule has 1 heterocycles. The van der Waals surface area contributed by atoms with Crippen molar-refractivity contribution in [2.75, 3.05) is 6.54 Å². The number of aliphatic hydroxyl groups is 1. The lowest BCUT2D eigenvalue weighted by molar-refractivity contribution is 0.141. The van der Waals surface area contributed by atoms with Crippen molar-refractivity contribution in [2.24, 2.45) is 5.92 Å². The Kier molecular flexibility index (Phi) is 4.57. The highest BCUT2D eigenvalue weighted by Gasteiger charge is 2.24. The largest absolute Gasteiger partial charge is 0.390 e. The van der Waals surface area contributed by atoms with Gasteiger partial charge in [0.05, 0.1) is 12.6 Å². The number of nitrogens with zero attached hydrogens (tertiary/aromatic N) is 2. The first-order valence-corrected chi connectivity index (χ1v) is 6.66. The highest BCUT2D eigenvalue weighted by molar-refractivity contribution is 4.81. The van der Waals surface area contributed by atoms with Crippen LogP contribution in [-0.4, -0.2) is 33.6 Å². The van der Waals surface area contributed by atoms with E-state index >= 15 is 0 Å². The maximum atomic E-state index is 9.89. The molecule has 0 radical (unpaired) electrons. The van der Waals surface area contributed by atoms with Crippen molar-refractivity contribution in [3.63, 3.8) is 0 Å². The predicted octanol–water partition coefficient (Wildman–Crippen LogP) is 1.41. The maximum Gasteiger partial charge on any atom is 0.0860 e. The molecule has 0 saturated heterocycles. The van der Waals surface area contributed by atoms with Gasteiger partial charge in [-0.05, 0) is 24.8 Å². The van der Waals surface area contributed by atoms with E-state index in [0.717, 1.165) is 12.3 Å². The van der Waals surface area contributed by atoms with E-state index in [2.05, 4.69) is 17.3 Å². The van der Waals surface area contributed by atoms with Crippen LogP contribution in [0.15, 0.2) is 18.5 Å². The third-order valence-electron chi connectivity index (χ3n) is 3.41. The number of hydrogen-bond donors (Lipinski definition) is 2. The summed E-state index contributed by atoms with van der Waals surface area (Å²) in [5.74, 6) is 0.940. The van der Waals surface area contributed by atoms with E-state index < -0.39 is 0 Å². The van der Waals surface area contributed by atoms with Gasteiger partial charge in [0.25, 0.3) is 0 Å². The van der Waals surface area contributed by atoms with Crippen LogP contribution in [0, 0.1) is 5.92 Å². The number of hydrogen-bond acceptors (Lipinski definition) is 3. The summed E-state index contributed by atoms with van der Waals surface area (Å²) < 4.78 is 1.77. The second-order valence-corrected chi connectivity index (χ2v) is 5.07. The Hall–Kier alpha value is -0.870. The predicted molar refractivity (Wildman–Crippen MR) is 67.7 cm³/mol. The number of rotatable bonds is 8. The van der Waals surface area contributed by atoms with Crippen LogP contribution >= 0.6 is 0 Å². The van der Waals surface area contributed by atoms with E-state index in [0.29, 0.717) is 19.1 Å². The standard InChI is InChI=1S/C13H23N3O/c1-2-12(8-11-4-5-11)14-9-13(17)10-16-7-3-6-15-16/h3,6-7,11-14,17H,2,4-5,8-10H2,1H3. The van der Waals surface area contributed by atoms with Crippen molar-refractivity contribution >= 4 is 0 Å². The molecule has 0 aromatic carbocycles. The summed E-state index contributed by atoms with van der Waals surface area (Å²) in [4.78, 5) is 0. The molecule has 2 atom stereocenters. The summed E-state index contributed by atoms with van der Waals surface area (Å²) >= 11 is 0. The minimum atomic E-state index is -0.358. The molecule has 1 saturated carbocycles. The lowest BCUT2D eigenvalue weighted by Gasteiger charge is -2.19. The topological polar surface area (TPSA) is 50.1 Å². The Balaban J connectivity index is 1.65. The second-order valence-electron chi connectivity index (χ2n) is 5.07. The summed E-state index contributed by atoms with van der Waals surface area (Å²) in [5.41, 5.74) is 0. The van der Waals surface area contributed by atoms with Crippen LogP contribution in [0.25, 0.3) is 0 Å². The van der Waals surface area contributed by atoms with Crippen molar-refractivity contribution in [2.45, 2.75) is 51.3 Å². The molecule has 2 N–H and O–H groups in total. The Labute approximate surface area is 103 Å². The number of aliphatic hydroxyl groups excluding tert-OH is 1. The van der Waals surface area contributed by atoms with Gasteiger partial charge in [0.2, 0.25) is 0 Å². The molecule has 1 fully saturated rings. The lowest BCUT2D eigenvalue weighted by atomic mass is 10.1. The Bertz CT molecular complexity index is 308. The Morgan fingerprint density at radius 3 is 2.94 bits per heavy atom. The number of aromatic nitrogens is 2. The first-order valence-electron chi connectivity index (χ1n) is 6.66. The summed E-state index contributed by atoms with van der Waals surface area (Å²) in [5, 5.41) is 17.4. The molecule has 0 aliphatic heterocycles. The molecule has 4 heteroatoms. The smallest absolute Gasteiger partial charge is 0.0860 e. The summed E-state index contributed by atoms with van der Waals surface area (Å²) in [6, 6.07) is 2.44. The van der Waals surface area contributed by atoms with Gasteiger partial charge in [0.15, 0.2) is 0 Å². The first-order chi connectivity index (χ1) is 8.28. The quantitative estimate of drug-likeness (QED) is 0.719. The van der Waals surface area contributed by atoms with Gasteiger partial charge in [-0.25, -0.2) is 0 Å². The van der Waals surface area contributed by atoms with Gasteiger partial charge in [-0.3, -0.25) is 4.68 Å². The molecule has 0 spiro atoms. The average molecular weight is 237 g/mol. The third kappa shape index (κ3) is 4.48. The van der Waals surface area contributed by atoms with Crippen LogP contribution in [0.4, 0.5) is 0 Å². The summed E-state index contributed by atoms with van der Waals surface area (Å²) in [6.07, 6.45) is 8.47. The van der Waals surface area contributed by atoms with Gasteiger partial charge >= 0.3 is 0 Å². The fraction of sp³-hybridized carbons (Fsp3) is 0.769. The van der Waals surface area contributed by atoms with E-state index in [1.54, 1.807) is 10.9 Å². The fourth-order valence-electron chi connectivity index (χ4n) is 2.14. The summed E-state index contributed by atoms with van der Waals surface area (Å²) in [6.45, 7) is 3.44. The molecule has 1 aromatic rings. The van der Waals surface area contributed by atoms with Crippen molar-refractivity contribution in [3.8, 4) is 0 Å². The van der Waals surface area contributed by atoms with Gasteiger partial charge in [0, 0.05) is 25.0 Å². The molecule has 1 aliphatic rings. The van der Waals surface area contributed by atoms with Gasteiger partial charge < -0.3 is 10.4 Å². The zero-order valence-corrected chi connectivity index (χ0v) is 10.5. The van der Waals surface area contributed by atoms with Crippen molar-refractivity contribution in [1.82, 2.24) is 15.1 Å². The average Bonchev–Trinajstić information content (AvgIpc) is 3.00. The molecule has 1 aliphatic carbocycles. The highest BCUT2D eigenvalue weighted by atomic mass is 16.3. The van der Waals surface area contributed by atoms with Gasteiger partial charge in [-0.15, -0.1) is 0 Å². The minimum Gasteiger partial charge on any atom is -0.390 e. The molecular weight excluding hydrogens is 214 g/mol. The first kappa shape index (κ1) is 12.6. The van der Waals surface area contributed by atoms with E-state index in [9.17, 15) is 5.11 Å². The summed E-state index contributed by atoms with van der Waals surface area (Å²) in [7, 11) is 0. The van der Waals surface area contributed by atoms with Crippen molar-refractivity contribution < 1.29 is 5.11 Å². The van der Waals surface area contributed by atoms with Crippen molar-refractivity contribution in [1.29, 1.82) is 0 Å². The zero-order valence-electron chi connectivity index (χ0n) is 10.5. The van der Waals surface area contributed by atoms with Crippen LogP contribution in [-0.2, 0) is 6.54 Å². The molecule has 2 rings (SSSR count). The minimum absolute atomic E-state index is 0.358. The van der Waals surface area contributed by atoms with E-state index in [1.165, 1.54) is 19.3 Å². The molecule has 17 heavy (non-hydrogen) atoms. The van der Waals surface area contributed by atoms with Gasteiger partial charge in [-0.2, -0.15) is 5.10 Å². The Morgan fingerprint density at radius 1 is 1.53 bits per heavy atom. The van der Waals surface area contributed by atoms with E-state index in [1.807, 2.05) is 12.3 Å². The Morgan fingerprint density at radius 2 is 2.35 bits per heavy atom. The molecule has 0 bridgehead atoms. The van der Waals surface area contributed by atoms with Crippen LogP contribution in [0.1, 0.15) is 32.6 Å². The van der Waals surface area contributed by atoms with Crippen LogP contribution < -0.4 is 5.32 Å². The normalized spacial score (nSPS) is 19.2. The highest BCUT2D eigenvalue weighted by Crippen LogP contribution is 2.33. The second kappa shape index (κ2) is 6.17. The molecule has 0 amide bonds. The number of nitrogens with one attached hydrogen (secondary N) is 1. The van der Waals surface area contributed by atoms with Crippen LogP contribution in [0.5, 0.6) is 0 Å². The maximum absolute atomic E-state index is 9.89. The van der Waals surface area contributed by atoms with E-state index in [4.69, 9.17) is 0 Å². The van der Waals surface area contributed by atoms with Crippen LogP contribution in [0.3, 0.4) is 0 Å². The van der Waals surface area contributed by atoms with E-state index in [-0.39, 0.29) is 6.10 Å². The van der Waals surface area contributed by atoms with Gasteiger partial charge in [0.1, 0.15) is 0 Å². The fourth-order valence-corrected chi connectivity index (χ4v) is 2.14. The monoisotopic (exact) mass is 237 g/mol. The third-order valence-corrected chi connectivity index (χ3v) is 3.41. The van der Waals surface area contributed by atoms with Gasteiger partial charge in [-0.1, -0.05) is 19.8 Å². The lowest BCUT2D eigenvalue weighted by Crippen LogP contribution is -2.37. The van der Waals surface area contributed by atoms with Crippen LogP contribution in [0.2, 0.25) is 0 Å².